The second-order valence-electron chi connectivity index (χ2n) is 4.73. The topological polar surface area (TPSA) is 42.6 Å². The van der Waals surface area contributed by atoms with Gasteiger partial charge in [-0.15, -0.1) is 13.2 Å². The molecule has 3 N–H and O–H groups in total. The van der Waals surface area contributed by atoms with Crippen LogP contribution in [0.25, 0.3) is 0 Å². The Morgan fingerprint density at radius 1 is 0.952 bits per heavy atom. The van der Waals surface area contributed by atoms with Crippen LogP contribution in [0.5, 0.6) is 0 Å². The van der Waals surface area contributed by atoms with Crippen LogP contribution >= 0.6 is 24.4 Å². The van der Waals surface area contributed by atoms with Crippen molar-refractivity contribution in [3.8, 4) is 0 Å². The van der Waals surface area contributed by atoms with E-state index >= 15 is 0 Å². The van der Waals surface area contributed by atoms with E-state index in [4.69, 9.17) is 24.4 Å². The highest BCUT2D eigenvalue weighted by atomic mass is 32.1. The van der Waals surface area contributed by atoms with E-state index in [0.29, 0.717) is 11.7 Å². The number of hydrogen-bond donors (Lipinski definition) is 3. The van der Waals surface area contributed by atoms with Crippen molar-refractivity contribution in [1.29, 1.82) is 0 Å². The van der Waals surface area contributed by atoms with Crippen LogP contribution in [0.4, 0.5) is 0 Å². The van der Waals surface area contributed by atoms with Gasteiger partial charge in [-0.1, -0.05) is 12.2 Å². The van der Waals surface area contributed by atoms with Gasteiger partial charge < -0.3 is 20.9 Å². The van der Waals surface area contributed by atoms with E-state index in [1.807, 2.05) is 6.08 Å². The summed E-state index contributed by atoms with van der Waals surface area (Å²) in [6.07, 6.45) is 3.61. The van der Waals surface area contributed by atoms with Gasteiger partial charge in [-0.3, -0.25) is 4.90 Å². The van der Waals surface area contributed by atoms with Crippen molar-refractivity contribution >= 4 is 34.7 Å². The van der Waals surface area contributed by atoms with Crippen LogP contribution in [-0.4, -0.2) is 72.4 Å². The molecule has 1 saturated heterocycles. The summed E-state index contributed by atoms with van der Waals surface area (Å²) >= 11 is 10.5. The molecule has 0 aromatic heterocycles. The predicted molar refractivity (Wildman–Crippen MR) is 97.6 cm³/mol. The molecule has 0 spiro atoms. The first-order valence-corrected chi connectivity index (χ1v) is 7.97. The minimum absolute atomic E-state index is 0.684. The molecule has 0 aromatic carbocycles. The second kappa shape index (κ2) is 10.5. The first-order valence-electron chi connectivity index (χ1n) is 7.16. The third kappa shape index (κ3) is 7.40. The highest BCUT2D eigenvalue weighted by molar-refractivity contribution is 7.80. The van der Waals surface area contributed by atoms with E-state index < -0.39 is 0 Å². The molecule has 1 heterocycles. The molecule has 1 aliphatic heterocycles. The predicted octanol–water partition coefficient (Wildman–Crippen LogP) is 0.315. The van der Waals surface area contributed by atoms with Crippen LogP contribution in [0, 0.1) is 0 Å². The lowest BCUT2D eigenvalue weighted by Gasteiger charge is -2.36. The SMILES string of the molecule is C=CCNC(=S)NCCN1CCN(C(=S)NCC=C)CC1. The van der Waals surface area contributed by atoms with Crippen LogP contribution in [0.3, 0.4) is 0 Å². The van der Waals surface area contributed by atoms with Crippen molar-refractivity contribution in [2.45, 2.75) is 0 Å². The maximum absolute atomic E-state index is 5.34. The lowest BCUT2D eigenvalue weighted by molar-refractivity contribution is 0.184. The minimum atomic E-state index is 0.684. The maximum Gasteiger partial charge on any atom is 0.169 e. The molecule has 5 nitrogen and oxygen atoms in total. The molecule has 1 rings (SSSR count). The molecule has 0 aromatic rings. The molecule has 0 saturated carbocycles. The number of nitrogens with zero attached hydrogens (tertiary/aromatic N) is 2. The van der Waals surface area contributed by atoms with Gasteiger partial charge in [0.05, 0.1) is 0 Å². The lowest BCUT2D eigenvalue weighted by Crippen LogP contribution is -2.53. The van der Waals surface area contributed by atoms with Crippen LogP contribution < -0.4 is 16.0 Å². The first kappa shape index (κ1) is 17.9. The zero-order chi connectivity index (χ0) is 15.5. The Labute approximate surface area is 138 Å². The quantitative estimate of drug-likeness (QED) is 0.459. The van der Waals surface area contributed by atoms with E-state index in [9.17, 15) is 0 Å². The molecule has 0 bridgehead atoms. The van der Waals surface area contributed by atoms with Crippen LogP contribution in [0.1, 0.15) is 0 Å². The fourth-order valence-electron chi connectivity index (χ4n) is 2.00. The molecule has 1 aliphatic rings. The average Bonchev–Trinajstić information content (AvgIpc) is 2.51. The van der Waals surface area contributed by atoms with Crippen molar-refractivity contribution in [3.63, 3.8) is 0 Å². The number of piperazine rings is 1. The van der Waals surface area contributed by atoms with Gasteiger partial charge in [-0.25, -0.2) is 0 Å². The van der Waals surface area contributed by atoms with Crippen molar-refractivity contribution in [2.24, 2.45) is 0 Å². The molecule has 1 fully saturated rings. The molecule has 118 valence electrons. The molecule has 0 atom stereocenters. The van der Waals surface area contributed by atoms with E-state index in [2.05, 4.69) is 38.9 Å². The van der Waals surface area contributed by atoms with Crippen molar-refractivity contribution in [1.82, 2.24) is 25.8 Å². The summed E-state index contributed by atoms with van der Waals surface area (Å²) < 4.78 is 0. The summed E-state index contributed by atoms with van der Waals surface area (Å²) in [5, 5.41) is 10.9. The first-order chi connectivity index (χ1) is 10.2. The molecule has 0 unspecified atom stereocenters. The highest BCUT2D eigenvalue weighted by Crippen LogP contribution is 2.01. The molecule has 0 radical (unpaired) electrons. The second-order valence-corrected chi connectivity index (χ2v) is 5.52. The number of hydrogen-bond acceptors (Lipinski definition) is 3. The number of nitrogens with one attached hydrogen (secondary N) is 3. The average molecular weight is 328 g/mol. The Hall–Kier alpha value is -1.18. The Balaban J connectivity index is 2.13. The van der Waals surface area contributed by atoms with Crippen LogP contribution in [-0.2, 0) is 0 Å². The summed E-state index contributed by atoms with van der Waals surface area (Å²) in [5.74, 6) is 0. The summed E-state index contributed by atoms with van der Waals surface area (Å²) in [6.45, 7) is 14.5. The summed E-state index contributed by atoms with van der Waals surface area (Å²) in [4.78, 5) is 4.62. The summed E-state index contributed by atoms with van der Waals surface area (Å²) in [6, 6.07) is 0. The van der Waals surface area contributed by atoms with Gasteiger partial charge >= 0.3 is 0 Å². The van der Waals surface area contributed by atoms with Crippen molar-refractivity contribution in [3.05, 3.63) is 25.3 Å². The van der Waals surface area contributed by atoms with E-state index in [0.717, 1.165) is 50.9 Å². The minimum Gasteiger partial charge on any atom is -0.361 e. The van der Waals surface area contributed by atoms with Gasteiger partial charge in [0.1, 0.15) is 0 Å². The van der Waals surface area contributed by atoms with Gasteiger partial charge in [-0.05, 0) is 24.4 Å². The Morgan fingerprint density at radius 2 is 1.57 bits per heavy atom. The van der Waals surface area contributed by atoms with Crippen molar-refractivity contribution < 1.29 is 0 Å². The Morgan fingerprint density at radius 3 is 2.19 bits per heavy atom. The van der Waals surface area contributed by atoms with Crippen LogP contribution in [0.2, 0.25) is 0 Å². The fraction of sp³-hybridized carbons (Fsp3) is 0.571. The molecule has 0 amide bonds. The normalized spacial score (nSPS) is 15.1. The molecular formula is C14H25N5S2. The fourth-order valence-corrected chi connectivity index (χ4v) is 2.45. The molecule has 21 heavy (non-hydrogen) atoms. The smallest absolute Gasteiger partial charge is 0.169 e. The Bertz CT molecular complexity index is 362. The van der Waals surface area contributed by atoms with Gasteiger partial charge in [-0.2, -0.15) is 0 Å². The standard InChI is InChI=1S/C14H25N5S2/c1-3-5-15-13(20)16-7-8-18-9-11-19(12-10-18)14(21)17-6-4-2/h3-4H,1-2,5-12H2,(H,17,21)(H2,15,16,20). The molecule has 7 heteroatoms. The summed E-state index contributed by atoms with van der Waals surface area (Å²) in [7, 11) is 0. The third-order valence-corrected chi connectivity index (χ3v) is 3.87. The highest BCUT2D eigenvalue weighted by Gasteiger charge is 2.17. The van der Waals surface area contributed by atoms with E-state index in [-0.39, 0.29) is 0 Å². The number of thiocarbonyl (C=S) groups is 2. The Kier molecular flexibility index (Phi) is 8.96. The van der Waals surface area contributed by atoms with Crippen LogP contribution in [0.15, 0.2) is 25.3 Å². The monoisotopic (exact) mass is 327 g/mol. The van der Waals surface area contributed by atoms with Gasteiger partial charge in [0.15, 0.2) is 10.2 Å². The number of rotatable bonds is 7. The third-order valence-electron chi connectivity index (χ3n) is 3.18. The van der Waals surface area contributed by atoms with Crippen molar-refractivity contribution in [2.75, 3.05) is 52.4 Å². The van der Waals surface area contributed by atoms with Gasteiger partial charge in [0.2, 0.25) is 0 Å². The van der Waals surface area contributed by atoms with E-state index in [1.165, 1.54) is 0 Å². The summed E-state index contributed by atoms with van der Waals surface area (Å²) in [5.41, 5.74) is 0. The van der Waals surface area contributed by atoms with Gasteiger partial charge in [0, 0.05) is 52.4 Å². The molecule has 0 aliphatic carbocycles. The zero-order valence-corrected chi connectivity index (χ0v) is 14.1. The lowest BCUT2D eigenvalue weighted by atomic mass is 10.3. The molecular weight excluding hydrogens is 302 g/mol. The van der Waals surface area contributed by atoms with E-state index in [1.54, 1.807) is 6.08 Å². The zero-order valence-electron chi connectivity index (χ0n) is 12.4. The largest absolute Gasteiger partial charge is 0.361 e. The maximum atomic E-state index is 5.34. The van der Waals surface area contributed by atoms with Gasteiger partial charge in [0.25, 0.3) is 0 Å².